The van der Waals surface area contributed by atoms with Crippen LogP contribution in [-0.4, -0.2) is 55.6 Å². The van der Waals surface area contributed by atoms with Crippen LogP contribution in [0.3, 0.4) is 0 Å². The Kier molecular flexibility index (Phi) is 7.02. The van der Waals surface area contributed by atoms with E-state index in [1.165, 1.54) is 6.42 Å². The van der Waals surface area contributed by atoms with Gasteiger partial charge in [-0.15, -0.1) is 12.4 Å². The molecule has 24 heavy (non-hydrogen) atoms. The van der Waals surface area contributed by atoms with Crippen molar-refractivity contribution in [1.82, 2.24) is 10.2 Å². The number of morpholine rings is 1. The molecule has 1 atom stereocenters. The zero-order valence-corrected chi connectivity index (χ0v) is 14.4. The third-order valence-corrected chi connectivity index (χ3v) is 4.26. The van der Waals surface area contributed by atoms with E-state index in [0.717, 1.165) is 25.9 Å². The number of piperidine rings is 1. The second kappa shape index (κ2) is 9.01. The van der Waals surface area contributed by atoms with Crippen molar-refractivity contribution in [1.29, 1.82) is 0 Å². The van der Waals surface area contributed by atoms with Gasteiger partial charge in [0.1, 0.15) is 6.04 Å². The Morgan fingerprint density at radius 1 is 1.21 bits per heavy atom. The van der Waals surface area contributed by atoms with Crippen molar-refractivity contribution in [3.63, 3.8) is 0 Å². The number of rotatable bonds is 3. The molecule has 2 aliphatic heterocycles. The fraction of sp³-hybridized carbons (Fsp3) is 0.529. The molecule has 0 radical (unpaired) electrons. The molecule has 2 fully saturated rings. The average Bonchev–Trinajstić information content (AvgIpc) is 2.63. The Morgan fingerprint density at radius 2 is 2.00 bits per heavy atom. The number of anilines is 1. The van der Waals surface area contributed by atoms with Crippen molar-refractivity contribution in [3.05, 3.63) is 29.8 Å². The molecule has 2 heterocycles. The first-order chi connectivity index (χ1) is 11.2. The number of likely N-dealkylation sites (tertiary alicyclic amines) is 1. The summed E-state index contributed by atoms with van der Waals surface area (Å²) in [6.07, 6.45) is 3.32. The molecule has 7 heteroatoms. The number of nitrogens with zero attached hydrogens (tertiary/aromatic N) is 1. The number of halogens is 1. The van der Waals surface area contributed by atoms with E-state index in [1.54, 1.807) is 24.3 Å². The smallest absolute Gasteiger partial charge is 0.253 e. The van der Waals surface area contributed by atoms with Crippen LogP contribution in [-0.2, 0) is 9.53 Å². The van der Waals surface area contributed by atoms with Crippen LogP contribution in [0.4, 0.5) is 5.69 Å². The average molecular weight is 354 g/mol. The van der Waals surface area contributed by atoms with Crippen LogP contribution in [0.25, 0.3) is 0 Å². The van der Waals surface area contributed by atoms with Gasteiger partial charge in [-0.2, -0.15) is 0 Å². The summed E-state index contributed by atoms with van der Waals surface area (Å²) in [6, 6.07) is 6.81. The van der Waals surface area contributed by atoms with Gasteiger partial charge in [-0.05, 0) is 37.5 Å². The van der Waals surface area contributed by atoms with Crippen LogP contribution in [0.15, 0.2) is 24.3 Å². The maximum atomic E-state index is 12.5. The number of benzene rings is 1. The van der Waals surface area contributed by atoms with Gasteiger partial charge in [0, 0.05) is 30.9 Å². The van der Waals surface area contributed by atoms with Crippen molar-refractivity contribution in [2.75, 3.05) is 38.2 Å². The number of hydrogen-bond donors (Lipinski definition) is 2. The highest BCUT2D eigenvalue weighted by molar-refractivity contribution is 5.98. The molecule has 2 amide bonds. The SMILES string of the molecule is Cl.O=C(Nc1cccc(C(=O)N2CCCCC2)c1)C1COCCN1. The first-order valence-corrected chi connectivity index (χ1v) is 8.25. The van der Waals surface area contributed by atoms with E-state index in [2.05, 4.69) is 10.6 Å². The van der Waals surface area contributed by atoms with Crippen molar-refractivity contribution in [2.24, 2.45) is 0 Å². The third kappa shape index (κ3) is 4.69. The molecule has 6 nitrogen and oxygen atoms in total. The number of amides is 2. The Morgan fingerprint density at radius 3 is 2.71 bits per heavy atom. The topological polar surface area (TPSA) is 70.7 Å². The molecular weight excluding hydrogens is 330 g/mol. The monoisotopic (exact) mass is 353 g/mol. The van der Waals surface area contributed by atoms with Crippen molar-refractivity contribution in [2.45, 2.75) is 25.3 Å². The first kappa shape index (κ1) is 18.7. The Balaban J connectivity index is 0.00000208. The van der Waals surface area contributed by atoms with Crippen LogP contribution in [0.2, 0.25) is 0 Å². The third-order valence-electron chi connectivity index (χ3n) is 4.26. The lowest BCUT2D eigenvalue weighted by molar-refractivity contribution is -0.120. The van der Waals surface area contributed by atoms with E-state index < -0.39 is 0 Å². The molecule has 3 rings (SSSR count). The quantitative estimate of drug-likeness (QED) is 0.867. The van der Waals surface area contributed by atoms with Crippen LogP contribution in [0.5, 0.6) is 0 Å². The Hall–Kier alpha value is -1.63. The van der Waals surface area contributed by atoms with Crippen LogP contribution in [0, 0.1) is 0 Å². The van der Waals surface area contributed by atoms with E-state index >= 15 is 0 Å². The highest BCUT2D eigenvalue weighted by atomic mass is 35.5. The lowest BCUT2D eigenvalue weighted by atomic mass is 10.1. The fourth-order valence-corrected chi connectivity index (χ4v) is 2.97. The second-order valence-electron chi connectivity index (χ2n) is 6.00. The Labute approximate surface area is 148 Å². The maximum Gasteiger partial charge on any atom is 0.253 e. The molecule has 0 bridgehead atoms. The fourth-order valence-electron chi connectivity index (χ4n) is 2.97. The number of nitrogens with one attached hydrogen (secondary N) is 2. The minimum absolute atomic E-state index is 0. The van der Waals surface area contributed by atoms with E-state index in [0.29, 0.717) is 31.0 Å². The maximum absolute atomic E-state index is 12.5. The lowest BCUT2D eigenvalue weighted by Crippen LogP contribution is -2.48. The summed E-state index contributed by atoms with van der Waals surface area (Å²) in [5, 5.41) is 5.97. The molecule has 0 aromatic heterocycles. The van der Waals surface area contributed by atoms with Crippen molar-refractivity contribution < 1.29 is 14.3 Å². The van der Waals surface area contributed by atoms with E-state index in [4.69, 9.17) is 4.74 Å². The summed E-state index contributed by atoms with van der Waals surface area (Å²) in [7, 11) is 0. The molecule has 0 aliphatic carbocycles. The number of hydrogen-bond acceptors (Lipinski definition) is 4. The highest BCUT2D eigenvalue weighted by Crippen LogP contribution is 2.16. The van der Waals surface area contributed by atoms with E-state index in [9.17, 15) is 9.59 Å². The molecule has 2 saturated heterocycles. The summed E-state index contributed by atoms with van der Waals surface area (Å²) < 4.78 is 5.30. The summed E-state index contributed by atoms with van der Waals surface area (Å²) in [5.74, 6) is -0.0906. The number of carbonyl (C=O) groups excluding carboxylic acids is 2. The van der Waals surface area contributed by atoms with Gasteiger partial charge in [-0.1, -0.05) is 6.07 Å². The molecule has 2 aliphatic rings. The summed E-state index contributed by atoms with van der Waals surface area (Å²) in [6.45, 7) is 3.31. The zero-order valence-electron chi connectivity index (χ0n) is 13.6. The first-order valence-electron chi connectivity index (χ1n) is 8.25. The molecule has 2 N–H and O–H groups in total. The predicted molar refractivity (Wildman–Crippen MR) is 94.7 cm³/mol. The molecule has 1 aromatic carbocycles. The summed E-state index contributed by atoms with van der Waals surface area (Å²) in [4.78, 5) is 26.6. The molecule has 0 saturated carbocycles. The van der Waals surface area contributed by atoms with Crippen LogP contribution < -0.4 is 10.6 Å². The number of ether oxygens (including phenoxy) is 1. The van der Waals surface area contributed by atoms with E-state index in [-0.39, 0.29) is 30.3 Å². The minimum Gasteiger partial charge on any atom is -0.378 e. The van der Waals surface area contributed by atoms with Gasteiger partial charge in [0.25, 0.3) is 5.91 Å². The highest BCUT2D eigenvalue weighted by Gasteiger charge is 2.22. The van der Waals surface area contributed by atoms with Crippen molar-refractivity contribution >= 4 is 29.9 Å². The van der Waals surface area contributed by atoms with Crippen molar-refractivity contribution in [3.8, 4) is 0 Å². The molecular formula is C17H24ClN3O3. The lowest BCUT2D eigenvalue weighted by Gasteiger charge is -2.27. The largest absolute Gasteiger partial charge is 0.378 e. The van der Waals surface area contributed by atoms with Gasteiger partial charge in [-0.3, -0.25) is 9.59 Å². The summed E-state index contributed by atoms with van der Waals surface area (Å²) in [5.41, 5.74) is 1.27. The summed E-state index contributed by atoms with van der Waals surface area (Å²) >= 11 is 0. The number of carbonyl (C=O) groups is 2. The van der Waals surface area contributed by atoms with Gasteiger partial charge in [0.15, 0.2) is 0 Å². The second-order valence-corrected chi connectivity index (χ2v) is 6.00. The van der Waals surface area contributed by atoms with Gasteiger partial charge in [0.2, 0.25) is 5.91 Å². The molecule has 0 spiro atoms. The molecule has 1 unspecified atom stereocenters. The Bertz CT molecular complexity index is 570. The predicted octanol–water partition coefficient (Wildman–Crippen LogP) is 1.66. The zero-order chi connectivity index (χ0) is 16.1. The molecule has 1 aromatic rings. The van der Waals surface area contributed by atoms with Gasteiger partial charge >= 0.3 is 0 Å². The standard InChI is InChI=1S/C17H23N3O3.ClH/c21-16(15-12-23-10-7-18-15)19-14-6-4-5-13(11-14)17(22)20-8-2-1-3-9-20;/h4-6,11,15,18H,1-3,7-10,12H2,(H,19,21);1H. The minimum atomic E-state index is -0.342. The van der Waals surface area contributed by atoms with Gasteiger partial charge in [0.05, 0.1) is 13.2 Å². The van der Waals surface area contributed by atoms with E-state index in [1.807, 2.05) is 4.90 Å². The van der Waals surface area contributed by atoms with Gasteiger partial charge in [-0.25, -0.2) is 0 Å². The van der Waals surface area contributed by atoms with Gasteiger partial charge < -0.3 is 20.3 Å². The normalized spacial score (nSPS) is 20.8. The van der Waals surface area contributed by atoms with Crippen LogP contribution >= 0.6 is 12.4 Å². The molecule has 132 valence electrons. The van der Waals surface area contributed by atoms with Crippen LogP contribution in [0.1, 0.15) is 29.6 Å².